The molecule has 2 bridgehead atoms. The van der Waals surface area contributed by atoms with Gasteiger partial charge in [-0.2, -0.15) is 0 Å². The van der Waals surface area contributed by atoms with E-state index in [9.17, 15) is 14.7 Å². The van der Waals surface area contributed by atoms with Gasteiger partial charge in [-0.05, 0) is 37.7 Å². The van der Waals surface area contributed by atoms with Crippen LogP contribution in [0.5, 0.6) is 0 Å². The second-order valence-electron chi connectivity index (χ2n) is 8.39. The minimum absolute atomic E-state index is 0.308. The van der Waals surface area contributed by atoms with Crippen molar-refractivity contribution in [3.8, 4) is 11.3 Å². The van der Waals surface area contributed by atoms with Gasteiger partial charge in [0.05, 0.1) is 29.7 Å². The molecule has 0 saturated carbocycles. The lowest BCUT2D eigenvalue weighted by molar-refractivity contribution is -0.147. The molecule has 0 aliphatic carbocycles. The molecule has 0 spiro atoms. The summed E-state index contributed by atoms with van der Waals surface area (Å²) in [5.74, 6) is -2.10. The Bertz CT molecular complexity index is 921. The van der Waals surface area contributed by atoms with Crippen molar-refractivity contribution in [3.63, 3.8) is 0 Å². The molecule has 0 radical (unpaired) electrons. The van der Waals surface area contributed by atoms with E-state index in [1.807, 2.05) is 6.92 Å². The number of nitrogens with one attached hydrogen (secondary N) is 1. The zero-order valence-electron chi connectivity index (χ0n) is 16.8. The summed E-state index contributed by atoms with van der Waals surface area (Å²) in [5.41, 5.74) is 3.15. The number of nitrogens with zero attached hydrogens (tertiary/aromatic N) is 1. The average molecular weight is 415 g/mol. The van der Waals surface area contributed by atoms with Gasteiger partial charge in [0.1, 0.15) is 0 Å². The first-order valence-corrected chi connectivity index (χ1v) is 10.9. The standard InChI is InChI=1S/C22H26N2O4S/c1-11(2)10-13-4-6-14(7-5-13)19-12(3)29-22(23-19)24-20(25)17-15-8-9-16(28-15)18(17)21(26)27/h4-7,11,15-18H,8-10H2,1-3H3,(H,26,27)(H,23,24,25)/t15-,16+,17+,18+/m1/s1. The summed E-state index contributed by atoms with van der Waals surface area (Å²) in [4.78, 5) is 30.1. The first-order valence-electron chi connectivity index (χ1n) is 10.1. The van der Waals surface area contributed by atoms with Crippen LogP contribution in [0.4, 0.5) is 5.13 Å². The Morgan fingerprint density at radius 3 is 2.48 bits per heavy atom. The number of aromatic nitrogens is 1. The predicted molar refractivity (Wildman–Crippen MR) is 112 cm³/mol. The number of carboxylic acid groups (broad SMARTS) is 1. The molecule has 2 fully saturated rings. The third-order valence-corrected chi connectivity index (χ3v) is 6.65. The first kappa shape index (κ1) is 20.0. The summed E-state index contributed by atoms with van der Waals surface area (Å²) in [6, 6.07) is 8.37. The van der Waals surface area contributed by atoms with Crippen LogP contribution in [0.1, 0.15) is 37.1 Å². The average Bonchev–Trinajstić information content (AvgIpc) is 3.36. The van der Waals surface area contributed by atoms with E-state index in [1.165, 1.54) is 16.9 Å². The van der Waals surface area contributed by atoms with Crippen molar-refractivity contribution in [2.75, 3.05) is 5.32 Å². The van der Waals surface area contributed by atoms with Gasteiger partial charge in [-0.3, -0.25) is 9.59 Å². The topological polar surface area (TPSA) is 88.5 Å². The van der Waals surface area contributed by atoms with Crippen LogP contribution in [0, 0.1) is 24.7 Å². The fourth-order valence-electron chi connectivity index (χ4n) is 4.50. The molecular formula is C22H26N2O4S. The summed E-state index contributed by atoms with van der Waals surface area (Å²) in [7, 11) is 0. The van der Waals surface area contributed by atoms with Crippen molar-refractivity contribution >= 4 is 28.3 Å². The fraction of sp³-hybridized carbons (Fsp3) is 0.500. The second kappa shape index (κ2) is 7.88. The maximum Gasteiger partial charge on any atom is 0.310 e. The minimum atomic E-state index is -0.963. The molecule has 4 rings (SSSR count). The summed E-state index contributed by atoms with van der Waals surface area (Å²) < 4.78 is 5.70. The number of rotatable bonds is 6. The maximum atomic E-state index is 12.8. The van der Waals surface area contributed by atoms with E-state index in [0.29, 0.717) is 17.5 Å². The van der Waals surface area contributed by atoms with Gasteiger partial charge in [0.15, 0.2) is 5.13 Å². The number of benzene rings is 1. The van der Waals surface area contributed by atoms with Crippen molar-refractivity contribution in [1.29, 1.82) is 0 Å². The van der Waals surface area contributed by atoms with E-state index in [4.69, 9.17) is 4.74 Å². The van der Waals surface area contributed by atoms with E-state index >= 15 is 0 Å². The fourth-order valence-corrected chi connectivity index (χ4v) is 5.34. The Morgan fingerprint density at radius 1 is 1.21 bits per heavy atom. The Hall–Kier alpha value is -2.25. The smallest absolute Gasteiger partial charge is 0.310 e. The van der Waals surface area contributed by atoms with Crippen LogP contribution in [-0.4, -0.2) is 34.2 Å². The van der Waals surface area contributed by atoms with E-state index < -0.39 is 17.8 Å². The molecule has 1 aromatic heterocycles. The Kier molecular flexibility index (Phi) is 5.44. The van der Waals surface area contributed by atoms with Gasteiger partial charge in [0, 0.05) is 10.4 Å². The van der Waals surface area contributed by atoms with E-state index in [-0.39, 0.29) is 18.1 Å². The molecule has 2 aliphatic rings. The second-order valence-corrected chi connectivity index (χ2v) is 9.59. The molecule has 2 aromatic rings. The molecule has 29 heavy (non-hydrogen) atoms. The highest BCUT2D eigenvalue weighted by Gasteiger charge is 2.55. The number of hydrogen-bond donors (Lipinski definition) is 2. The molecule has 2 saturated heterocycles. The van der Waals surface area contributed by atoms with E-state index in [2.05, 4.69) is 48.4 Å². The molecular weight excluding hydrogens is 388 g/mol. The number of fused-ring (bicyclic) bond motifs is 2. The van der Waals surface area contributed by atoms with Crippen LogP contribution in [0.25, 0.3) is 11.3 Å². The number of aryl methyl sites for hydroxylation is 1. The number of carbonyl (C=O) groups is 2. The number of ether oxygens (including phenoxy) is 1. The van der Waals surface area contributed by atoms with Crippen LogP contribution in [0.15, 0.2) is 24.3 Å². The van der Waals surface area contributed by atoms with Gasteiger partial charge in [0.25, 0.3) is 0 Å². The van der Waals surface area contributed by atoms with Crippen molar-refractivity contribution < 1.29 is 19.4 Å². The van der Waals surface area contributed by atoms with Crippen molar-refractivity contribution in [3.05, 3.63) is 34.7 Å². The molecule has 3 heterocycles. The summed E-state index contributed by atoms with van der Waals surface area (Å²) in [6.45, 7) is 6.37. The lowest BCUT2D eigenvalue weighted by atomic mass is 9.79. The van der Waals surface area contributed by atoms with Gasteiger partial charge >= 0.3 is 5.97 Å². The van der Waals surface area contributed by atoms with Gasteiger partial charge in [-0.25, -0.2) is 4.98 Å². The Balaban J connectivity index is 1.49. The maximum absolute atomic E-state index is 12.8. The number of amides is 1. The van der Waals surface area contributed by atoms with Gasteiger partial charge < -0.3 is 15.2 Å². The molecule has 1 amide bonds. The van der Waals surface area contributed by atoms with Crippen LogP contribution in [0.2, 0.25) is 0 Å². The van der Waals surface area contributed by atoms with E-state index in [1.54, 1.807) is 0 Å². The van der Waals surface area contributed by atoms with Crippen LogP contribution in [0.3, 0.4) is 0 Å². The van der Waals surface area contributed by atoms with Gasteiger partial charge in [-0.15, -0.1) is 11.3 Å². The molecule has 154 valence electrons. The molecule has 1 aromatic carbocycles. The van der Waals surface area contributed by atoms with Crippen LogP contribution >= 0.6 is 11.3 Å². The van der Waals surface area contributed by atoms with Crippen molar-refractivity contribution in [2.45, 2.75) is 52.2 Å². The zero-order valence-corrected chi connectivity index (χ0v) is 17.7. The monoisotopic (exact) mass is 414 g/mol. The van der Waals surface area contributed by atoms with Crippen LogP contribution < -0.4 is 5.32 Å². The Morgan fingerprint density at radius 2 is 1.86 bits per heavy atom. The zero-order chi connectivity index (χ0) is 20.7. The minimum Gasteiger partial charge on any atom is -0.481 e. The van der Waals surface area contributed by atoms with Crippen molar-refractivity contribution in [1.82, 2.24) is 4.98 Å². The third-order valence-electron chi connectivity index (χ3n) is 5.76. The highest BCUT2D eigenvalue weighted by Crippen LogP contribution is 2.44. The van der Waals surface area contributed by atoms with E-state index in [0.717, 1.165) is 29.0 Å². The quantitative estimate of drug-likeness (QED) is 0.742. The van der Waals surface area contributed by atoms with Gasteiger partial charge in [-0.1, -0.05) is 38.1 Å². The predicted octanol–water partition coefficient (Wildman–Crippen LogP) is 4.13. The number of carbonyl (C=O) groups excluding carboxylic acids is 1. The third kappa shape index (κ3) is 3.94. The summed E-state index contributed by atoms with van der Waals surface area (Å²) >= 11 is 1.41. The normalized spacial score (nSPS) is 25.5. The largest absolute Gasteiger partial charge is 0.481 e. The van der Waals surface area contributed by atoms with Crippen LogP contribution in [-0.2, 0) is 20.7 Å². The number of carboxylic acids is 1. The highest BCUT2D eigenvalue weighted by atomic mass is 32.1. The lowest BCUT2D eigenvalue weighted by Crippen LogP contribution is -2.40. The number of hydrogen-bond acceptors (Lipinski definition) is 5. The molecule has 2 aliphatic heterocycles. The van der Waals surface area contributed by atoms with Gasteiger partial charge in [0.2, 0.25) is 5.91 Å². The number of anilines is 1. The summed E-state index contributed by atoms with van der Waals surface area (Å²) in [5, 5.41) is 12.9. The number of thiazole rings is 1. The molecule has 6 nitrogen and oxygen atoms in total. The first-order chi connectivity index (χ1) is 13.8. The SMILES string of the molecule is Cc1sc(NC(=O)[C@@H]2[C@@H](C(=O)O)[C@@H]3CC[C@H]2O3)nc1-c1ccc(CC(C)C)cc1. The van der Waals surface area contributed by atoms with Crippen molar-refractivity contribution in [2.24, 2.45) is 17.8 Å². The summed E-state index contributed by atoms with van der Waals surface area (Å²) in [6.07, 6.45) is 1.81. The Labute approximate surface area is 174 Å². The molecule has 4 atom stereocenters. The lowest BCUT2D eigenvalue weighted by Gasteiger charge is -2.23. The highest BCUT2D eigenvalue weighted by molar-refractivity contribution is 7.16. The molecule has 7 heteroatoms. The number of aliphatic carboxylic acids is 1. The molecule has 0 unspecified atom stereocenters. The molecule has 2 N–H and O–H groups in total.